The van der Waals surface area contributed by atoms with Crippen LogP contribution in [0.2, 0.25) is 0 Å². The number of anilines is 2. The Balaban J connectivity index is 1.56. The third kappa shape index (κ3) is 3.49. The number of rotatable bonds is 3. The molecule has 5 rings (SSSR count). The zero-order chi connectivity index (χ0) is 20.0. The average molecular weight is 393 g/mol. The smallest absolute Gasteiger partial charge is 0.221 e. The van der Waals surface area contributed by atoms with Gasteiger partial charge in [0, 0.05) is 43.2 Å². The Hall–Kier alpha value is -2.51. The molecule has 2 fully saturated rings. The summed E-state index contributed by atoms with van der Waals surface area (Å²) >= 11 is 0. The molecule has 1 aromatic heterocycles. The number of morpholine rings is 1. The fourth-order valence-electron chi connectivity index (χ4n) is 4.75. The van der Waals surface area contributed by atoms with Crippen LogP contribution in [-0.2, 0) is 22.5 Å². The number of carbonyl (C=O) groups is 1. The van der Waals surface area contributed by atoms with E-state index >= 15 is 0 Å². The molecule has 1 N–H and O–H groups in total. The maximum Gasteiger partial charge on any atom is 0.221 e. The van der Waals surface area contributed by atoms with Crippen molar-refractivity contribution < 1.29 is 9.53 Å². The minimum absolute atomic E-state index is 0.0722. The lowest BCUT2D eigenvalue weighted by atomic mass is 10.0. The van der Waals surface area contributed by atoms with E-state index < -0.39 is 0 Å². The van der Waals surface area contributed by atoms with E-state index in [4.69, 9.17) is 14.7 Å². The number of fused-ring (bicyclic) bond motifs is 3. The van der Waals surface area contributed by atoms with E-state index in [0.717, 1.165) is 55.6 Å². The van der Waals surface area contributed by atoms with Gasteiger partial charge < -0.3 is 19.9 Å². The molecular formula is C22H27N5O2. The van der Waals surface area contributed by atoms with Gasteiger partial charge in [0.05, 0.1) is 31.0 Å². The van der Waals surface area contributed by atoms with Crippen LogP contribution in [0.15, 0.2) is 24.3 Å². The number of nitrogens with one attached hydrogen (secondary N) is 1. The highest BCUT2D eigenvalue weighted by atomic mass is 16.5. The Morgan fingerprint density at radius 1 is 1.14 bits per heavy atom. The van der Waals surface area contributed by atoms with E-state index in [-0.39, 0.29) is 5.91 Å². The van der Waals surface area contributed by atoms with Gasteiger partial charge in [-0.25, -0.2) is 9.97 Å². The lowest BCUT2D eigenvalue weighted by molar-refractivity contribution is -0.114. The quantitative estimate of drug-likeness (QED) is 0.864. The summed E-state index contributed by atoms with van der Waals surface area (Å²) in [7, 11) is 2.16. The van der Waals surface area contributed by atoms with Crippen LogP contribution in [0.25, 0.3) is 11.4 Å². The zero-order valence-corrected chi connectivity index (χ0v) is 17.0. The molecule has 152 valence electrons. The molecule has 3 aliphatic heterocycles. The predicted octanol–water partition coefficient (Wildman–Crippen LogP) is 2.46. The topological polar surface area (TPSA) is 70.6 Å². The molecule has 2 bridgehead atoms. The summed E-state index contributed by atoms with van der Waals surface area (Å²) in [5.74, 6) is 1.79. The molecule has 29 heavy (non-hydrogen) atoms. The van der Waals surface area contributed by atoms with Crippen molar-refractivity contribution in [2.75, 3.05) is 37.0 Å². The molecule has 0 aliphatic carbocycles. The highest BCUT2D eigenvalue weighted by Gasteiger charge is 2.40. The van der Waals surface area contributed by atoms with Gasteiger partial charge >= 0.3 is 0 Å². The average Bonchev–Trinajstić information content (AvgIpc) is 2.95. The van der Waals surface area contributed by atoms with E-state index in [1.807, 2.05) is 24.3 Å². The summed E-state index contributed by atoms with van der Waals surface area (Å²) in [6.07, 6.45) is 3.28. The van der Waals surface area contributed by atoms with Gasteiger partial charge in [-0.15, -0.1) is 0 Å². The van der Waals surface area contributed by atoms with Crippen LogP contribution in [0.3, 0.4) is 0 Å². The predicted molar refractivity (Wildman–Crippen MR) is 112 cm³/mol. The summed E-state index contributed by atoms with van der Waals surface area (Å²) in [5, 5.41) is 2.81. The van der Waals surface area contributed by atoms with Gasteiger partial charge in [-0.3, -0.25) is 4.79 Å². The highest BCUT2D eigenvalue weighted by molar-refractivity contribution is 5.88. The molecule has 4 heterocycles. The van der Waals surface area contributed by atoms with Gasteiger partial charge in [-0.05, 0) is 44.2 Å². The number of likely N-dealkylation sites (N-methyl/N-ethyl adjacent to an activating group) is 1. The molecule has 2 aromatic rings. The lowest BCUT2D eigenvalue weighted by Gasteiger charge is -2.38. The maximum absolute atomic E-state index is 11.3. The fraction of sp³-hybridized carbons (Fsp3) is 0.500. The molecule has 1 amide bonds. The van der Waals surface area contributed by atoms with Crippen LogP contribution in [0.5, 0.6) is 0 Å². The second-order valence-corrected chi connectivity index (χ2v) is 8.37. The minimum Gasteiger partial charge on any atom is -0.377 e. The number of hydrogen-bond donors (Lipinski definition) is 1. The first kappa shape index (κ1) is 18.5. The van der Waals surface area contributed by atoms with Gasteiger partial charge in [0.25, 0.3) is 0 Å². The molecule has 3 aliphatic rings. The lowest BCUT2D eigenvalue weighted by Crippen LogP contribution is -2.47. The SMILES string of the molecule is CC(=O)Nc1ccc(-c2nc3c(c(N4C5CCC4COC5)n2)CN(C)CC3)cc1. The standard InChI is InChI=1S/C22H27N5O2/c1-14(28)23-16-5-3-15(4-6-16)21-24-20-9-10-26(2)11-19(20)22(25-21)27-17-7-8-18(27)13-29-12-17/h3-6,17-18H,7-13H2,1-2H3,(H,23,28). The van der Waals surface area contributed by atoms with Gasteiger partial charge in [0.15, 0.2) is 5.82 Å². The van der Waals surface area contributed by atoms with E-state index in [9.17, 15) is 4.79 Å². The first-order chi connectivity index (χ1) is 14.1. The van der Waals surface area contributed by atoms with E-state index in [1.54, 1.807) is 0 Å². The molecule has 0 saturated carbocycles. The molecule has 2 unspecified atom stereocenters. The van der Waals surface area contributed by atoms with Crippen molar-refractivity contribution in [3.05, 3.63) is 35.5 Å². The highest BCUT2D eigenvalue weighted by Crippen LogP contribution is 2.38. The summed E-state index contributed by atoms with van der Waals surface area (Å²) in [6, 6.07) is 8.61. The molecule has 0 spiro atoms. The van der Waals surface area contributed by atoms with Crippen molar-refractivity contribution in [2.45, 2.75) is 44.8 Å². The third-order valence-electron chi connectivity index (χ3n) is 6.18. The zero-order valence-electron chi connectivity index (χ0n) is 17.0. The Morgan fingerprint density at radius 2 is 1.86 bits per heavy atom. The second kappa shape index (κ2) is 7.39. The minimum atomic E-state index is -0.0722. The summed E-state index contributed by atoms with van der Waals surface area (Å²) in [6.45, 7) is 4.99. The third-order valence-corrected chi connectivity index (χ3v) is 6.18. The summed E-state index contributed by atoms with van der Waals surface area (Å²) < 4.78 is 5.80. The Labute approximate surface area is 171 Å². The number of aromatic nitrogens is 2. The van der Waals surface area contributed by atoms with E-state index in [0.29, 0.717) is 12.1 Å². The second-order valence-electron chi connectivity index (χ2n) is 8.37. The van der Waals surface area contributed by atoms with Crippen LogP contribution in [0.1, 0.15) is 31.0 Å². The first-order valence-electron chi connectivity index (χ1n) is 10.4. The summed E-state index contributed by atoms with van der Waals surface area (Å²) in [4.78, 5) is 26.2. The molecule has 1 aromatic carbocycles. The van der Waals surface area contributed by atoms with Crippen molar-refractivity contribution in [3.63, 3.8) is 0 Å². The van der Waals surface area contributed by atoms with Crippen LogP contribution in [0, 0.1) is 0 Å². The van der Waals surface area contributed by atoms with Crippen LogP contribution < -0.4 is 10.2 Å². The monoisotopic (exact) mass is 393 g/mol. The fourth-order valence-corrected chi connectivity index (χ4v) is 4.75. The maximum atomic E-state index is 11.3. The van der Waals surface area contributed by atoms with Crippen LogP contribution in [-0.4, -0.2) is 59.7 Å². The Bertz CT molecular complexity index is 914. The van der Waals surface area contributed by atoms with Crippen molar-refractivity contribution in [3.8, 4) is 11.4 Å². The van der Waals surface area contributed by atoms with E-state index in [1.165, 1.54) is 31.0 Å². The van der Waals surface area contributed by atoms with Gasteiger partial charge in [0.2, 0.25) is 5.91 Å². The van der Waals surface area contributed by atoms with Crippen LogP contribution in [0.4, 0.5) is 11.5 Å². The molecule has 2 atom stereocenters. The van der Waals surface area contributed by atoms with Crippen molar-refractivity contribution in [2.24, 2.45) is 0 Å². The Morgan fingerprint density at radius 3 is 2.55 bits per heavy atom. The van der Waals surface area contributed by atoms with E-state index in [2.05, 4.69) is 22.2 Å². The van der Waals surface area contributed by atoms with Gasteiger partial charge in [-0.1, -0.05) is 0 Å². The summed E-state index contributed by atoms with van der Waals surface area (Å²) in [5.41, 5.74) is 4.20. The molecule has 7 heteroatoms. The molecule has 0 radical (unpaired) electrons. The number of ether oxygens (including phenoxy) is 1. The van der Waals surface area contributed by atoms with Crippen molar-refractivity contribution in [1.82, 2.24) is 14.9 Å². The number of carbonyl (C=O) groups excluding carboxylic acids is 1. The molecule has 7 nitrogen and oxygen atoms in total. The molecule has 2 saturated heterocycles. The first-order valence-corrected chi connectivity index (χ1v) is 10.4. The Kier molecular flexibility index (Phi) is 4.72. The number of hydrogen-bond acceptors (Lipinski definition) is 6. The van der Waals surface area contributed by atoms with Crippen molar-refractivity contribution >= 4 is 17.4 Å². The van der Waals surface area contributed by atoms with Gasteiger partial charge in [-0.2, -0.15) is 0 Å². The van der Waals surface area contributed by atoms with Gasteiger partial charge in [0.1, 0.15) is 5.82 Å². The number of amides is 1. The molecular weight excluding hydrogens is 366 g/mol. The number of benzene rings is 1. The van der Waals surface area contributed by atoms with Crippen molar-refractivity contribution in [1.29, 1.82) is 0 Å². The normalized spacial score (nSPS) is 23.7. The van der Waals surface area contributed by atoms with Crippen LogP contribution >= 0.6 is 0 Å². The number of nitrogens with zero attached hydrogens (tertiary/aromatic N) is 4. The largest absolute Gasteiger partial charge is 0.377 e.